The molecule has 0 radical (unpaired) electrons. The first-order valence-corrected chi connectivity index (χ1v) is 5.67. The van der Waals surface area contributed by atoms with Gasteiger partial charge in [0.25, 0.3) is 5.91 Å². The summed E-state index contributed by atoms with van der Waals surface area (Å²) >= 11 is 3.30. The van der Waals surface area contributed by atoms with Crippen molar-refractivity contribution in [2.45, 2.75) is 0 Å². The lowest BCUT2D eigenvalue weighted by molar-refractivity contribution is 0.0955. The minimum Gasteiger partial charge on any atom is -0.463 e. The van der Waals surface area contributed by atoms with Crippen LogP contribution in [0.5, 0.6) is 0 Å². The van der Waals surface area contributed by atoms with E-state index in [1.165, 1.54) is 12.5 Å². The van der Waals surface area contributed by atoms with E-state index >= 15 is 0 Å². The quantitative estimate of drug-likeness (QED) is 0.699. The fourth-order valence-electron chi connectivity index (χ4n) is 1.19. The highest BCUT2D eigenvalue weighted by molar-refractivity contribution is 9.10. The van der Waals surface area contributed by atoms with Gasteiger partial charge in [0.2, 0.25) is 0 Å². The summed E-state index contributed by atoms with van der Waals surface area (Å²) in [4.78, 5) is 11.6. The maximum absolute atomic E-state index is 11.6. The molecule has 0 bridgehead atoms. The number of nitrogens with one attached hydrogen (secondary N) is 1. The molecule has 2 rings (SSSR count). The smallest absolute Gasteiger partial charge is 0.271 e. The molecule has 0 saturated heterocycles. The van der Waals surface area contributed by atoms with Gasteiger partial charge in [-0.3, -0.25) is 4.79 Å². The highest BCUT2D eigenvalue weighted by atomic mass is 79.9. The van der Waals surface area contributed by atoms with Gasteiger partial charge in [0, 0.05) is 10.0 Å². The molecule has 1 amide bonds. The monoisotopic (exact) mass is 292 g/mol. The normalized spacial score (nSPS) is 10.6. The van der Waals surface area contributed by atoms with Gasteiger partial charge in [-0.05, 0) is 36.4 Å². The Morgan fingerprint density at radius 1 is 1.29 bits per heavy atom. The summed E-state index contributed by atoms with van der Waals surface area (Å²) in [5.41, 5.74) is 2.96. The second kappa shape index (κ2) is 5.45. The molecule has 1 aromatic heterocycles. The molecule has 17 heavy (non-hydrogen) atoms. The topological polar surface area (TPSA) is 54.6 Å². The number of amides is 1. The van der Waals surface area contributed by atoms with Crippen LogP contribution in [0.3, 0.4) is 0 Å². The summed E-state index contributed by atoms with van der Waals surface area (Å²) < 4.78 is 5.95. The van der Waals surface area contributed by atoms with Crippen LogP contribution in [0, 0.1) is 0 Å². The number of rotatable bonds is 3. The largest absolute Gasteiger partial charge is 0.463 e. The number of hydrazone groups is 1. The second-order valence-electron chi connectivity index (χ2n) is 3.22. The van der Waals surface area contributed by atoms with Gasteiger partial charge < -0.3 is 4.42 Å². The molecule has 1 aromatic carbocycles. The third-order valence-electron chi connectivity index (χ3n) is 2.01. The van der Waals surface area contributed by atoms with E-state index in [0.717, 1.165) is 4.47 Å². The molecule has 1 heterocycles. The van der Waals surface area contributed by atoms with E-state index in [1.807, 2.05) is 0 Å². The summed E-state index contributed by atoms with van der Waals surface area (Å²) in [6, 6.07) is 10.5. The predicted octanol–water partition coefficient (Wildman–Crippen LogP) is 2.81. The van der Waals surface area contributed by atoms with Crippen molar-refractivity contribution in [3.8, 4) is 0 Å². The molecule has 0 spiro atoms. The summed E-state index contributed by atoms with van der Waals surface area (Å²) in [6.07, 6.45) is 2.98. The van der Waals surface area contributed by atoms with E-state index in [-0.39, 0.29) is 5.91 Å². The van der Waals surface area contributed by atoms with Crippen molar-refractivity contribution in [1.29, 1.82) is 0 Å². The predicted molar refractivity (Wildman–Crippen MR) is 67.9 cm³/mol. The minimum absolute atomic E-state index is 0.264. The van der Waals surface area contributed by atoms with Crippen molar-refractivity contribution in [3.05, 3.63) is 58.5 Å². The fraction of sp³-hybridized carbons (Fsp3) is 0. The van der Waals surface area contributed by atoms with Crippen molar-refractivity contribution in [2.75, 3.05) is 0 Å². The van der Waals surface area contributed by atoms with Crippen molar-refractivity contribution >= 4 is 28.1 Å². The Bertz CT molecular complexity index is 518. The average Bonchev–Trinajstić information content (AvgIpc) is 2.83. The first-order valence-electron chi connectivity index (χ1n) is 4.88. The van der Waals surface area contributed by atoms with Crippen LogP contribution < -0.4 is 5.43 Å². The maximum Gasteiger partial charge on any atom is 0.271 e. The lowest BCUT2D eigenvalue weighted by atomic mass is 10.2. The Morgan fingerprint density at radius 2 is 2.06 bits per heavy atom. The molecule has 2 aromatic rings. The van der Waals surface area contributed by atoms with Gasteiger partial charge in [-0.15, -0.1) is 0 Å². The molecule has 0 atom stereocenters. The number of nitrogens with zero attached hydrogens (tertiary/aromatic N) is 1. The summed E-state index contributed by atoms with van der Waals surface area (Å²) in [7, 11) is 0. The van der Waals surface area contributed by atoms with Crippen molar-refractivity contribution in [2.24, 2.45) is 5.10 Å². The lowest BCUT2D eigenvalue weighted by Gasteiger charge is -1.98. The standard InChI is InChI=1S/C12H9BrN2O2/c13-10-5-3-9(4-6-10)12(16)15-14-8-11-2-1-7-17-11/h1-8H,(H,15,16)/b14-8+. The van der Waals surface area contributed by atoms with E-state index in [4.69, 9.17) is 4.42 Å². The summed E-state index contributed by atoms with van der Waals surface area (Å²) in [5.74, 6) is 0.321. The zero-order valence-electron chi connectivity index (χ0n) is 8.76. The number of furan rings is 1. The maximum atomic E-state index is 11.6. The molecule has 0 fully saturated rings. The minimum atomic E-state index is -0.264. The van der Waals surface area contributed by atoms with Crippen LogP contribution in [-0.4, -0.2) is 12.1 Å². The first kappa shape index (κ1) is 11.6. The van der Waals surface area contributed by atoms with Crippen molar-refractivity contribution in [3.63, 3.8) is 0 Å². The molecule has 0 unspecified atom stereocenters. The number of halogens is 1. The summed E-state index contributed by atoms with van der Waals surface area (Å²) in [6.45, 7) is 0. The second-order valence-corrected chi connectivity index (χ2v) is 4.14. The molecule has 5 heteroatoms. The molecule has 0 saturated carbocycles. The number of hydrogen-bond donors (Lipinski definition) is 1. The molecule has 0 aliphatic heterocycles. The van der Waals surface area contributed by atoms with Crippen LogP contribution in [0.4, 0.5) is 0 Å². The van der Waals surface area contributed by atoms with E-state index in [9.17, 15) is 4.79 Å². The Morgan fingerprint density at radius 3 is 2.71 bits per heavy atom. The number of carbonyl (C=O) groups is 1. The zero-order chi connectivity index (χ0) is 12.1. The first-order chi connectivity index (χ1) is 8.25. The number of hydrogen-bond acceptors (Lipinski definition) is 3. The Balaban J connectivity index is 1.96. The fourth-order valence-corrected chi connectivity index (χ4v) is 1.45. The Hall–Kier alpha value is -1.88. The number of carbonyl (C=O) groups excluding carboxylic acids is 1. The highest BCUT2D eigenvalue weighted by Gasteiger charge is 2.02. The zero-order valence-corrected chi connectivity index (χ0v) is 10.3. The van der Waals surface area contributed by atoms with Crippen LogP contribution in [0.1, 0.15) is 16.1 Å². The van der Waals surface area contributed by atoms with E-state index in [0.29, 0.717) is 11.3 Å². The van der Waals surface area contributed by atoms with E-state index in [2.05, 4.69) is 26.5 Å². The molecule has 86 valence electrons. The Labute approximate surface area is 106 Å². The van der Waals surface area contributed by atoms with Gasteiger partial charge in [0.15, 0.2) is 0 Å². The van der Waals surface area contributed by atoms with Gasteiger partial charge >= 0.3 is 0 Å². The molecular formula is C12H9BrN2O2. The molecular weight excluding hydrogens is 284 g/mol. The average molecular weight is 293 g/mol. The molecule has 0 aliphatic rings. The van der Waals surface area contributed by atoms with Gasteiger partial charge in [0.1, 0.15) is 5.76 Å². The molecule has 4 nitrogen and oxygen atoms in total. The van der Waals surface area contributed by atoms with Crippen molar-refractivity contribution in [1.82, 2.24) is 5.43 Å². The van der Waals surface area contributed by atoms with Gasteiger partial charge in [-0.1, -0.05) is 15.9 Å². The van der Waals surface area contributed by atoms with Crippen LogP contribution in [0.15, 0.2) is 56.7 Å². The van der Waals surface area contributed by atoms with Gasteiger partial charge in [0.05, 0.1) is 12.5 Å². The van der Waals surface area contributed by atoms with Crippen LogP contribution in [0.25, 0.3) is 0 Å². The highest BCUT2D eigenvalue weighted by Crippen LogP contribution is 2.10. The Kier molecular flexibility index (Phi) is 3.72. The SMILES string of the molecule is O=C(N/N=C/c1ccco1)c1ccc(Br)cc1. The van der Waals surface area contributed by atoms with Crippen LogP contribution in [-0.2, 0) is 0 Å². The number of benzene rings is 1. The van der Waals surface area contributed by atoms with Crippen LogP contribution in [0.2, 0.25) is 0 Å². The van der Waals surface area contributed by atoms with E-state index in [1.54, 1.807) is 36.4 Å². The molecule has 1 N–H and O–H groups in total. The van der Waals surface area contributed by atoms with Gasteiger partial charge in [-0.25, -0.2) is 5.43 Å². The molecule has 0 aliphatic carbocycles. The van der Waals surface area contributed by atoms with Crippen LogP contribution >= 0.6 is 15.9 Å². The van der Waals surface area contributed by atoms with Gasteiger partial charge in [-0.2, -0.15) is 5.10 Å². The third-order valence-corrected chi connectivity index (χ3v) is 2.54. The van der Waals surface area contributed by atoms with E-state index < -0.39 is 0 Å². The summed E-state index contributed by atoms with van der Waals surface area (Å²) in [5, 5.41) is 3.78. The van der Waals surface area contributed by atoms with Crippen molar-refractivity contribution < 1.29 is 9.21 Å². The lowest BCUT2D eigenvalue weighted by Crippen LogP contribution is -2.17. The third kappa shape index (κ3) is 3.29.